The molecule has 9 heteroatoms. The number of carbonyl (C=O) groups excluding carboxylic acids is 2. The first-order chi connectivity index (χ1) is 9.35. The summed E-state index contributed by atoms with van der Waals surface area (Å²) in [5.41, 5.74) is 0. The van der Waals surface area contributed by atoms with Crippen LogP contribution in [0.1, 0.15) is 19.3 Å². The molecule has 0 aliphatic carbocycles. The maximum atomic E-state index is 12.3. The highest BCUT2D eigenvalue weighted by molar-refractivity contribution is 5.89. The van der Waals surface area contributed by atoms with Gasteiger partial charge in [0.25, 0.3) is 0 Å². The highest BCUT2D eigenvalue weighted by atomic mass is 35.5. The molecule has 122 valence electrons. The first kappa shape index (κ1) is 18.0. The Morgan fingerprint density at radius 1 is 1.43 bits per heavy atom. The standard InChI is InChI=1S/C12H18F3N3O2.ClH/c13-12(14,15)7-18-6-8(4-10(18)19)11(20)17-9-2-1-3-16-5-9;/h8-9,16H,1-7H2,(H,17,20);1H. The maximum absolute atomic E-state index is 12.3. The summed E-state index contributed by atoms with van der Waals surface area (Å²) in [5.74, 6) is -1.60. The van der Waals surface area contributed by atoms with Crippen molar-refractivity contribution in [2.24, 2.45) is 5.92 Å². The predicted octanol–water partition coefficient (Wildman–Crippen LogP) is 0.687. The van der Waals surface area contributed by atoms with Crippen LogP contribution in [0, 0.1) is 5.92 Å². The fourth-order valence-electron chi connectivity index (χ4n) is 2.61. The zero-order valence-electron chi connectivity index (χ0n) is 11.4. The Morgan fingerprint density at radius 3 is 2.71 bits per heavy atom. The molecule has 0 spiro atoms. The van der Waals surface area contributed by atoms with E-state index >= 15 is 0 Å². The minimum Gasteiger partial charge on any atom is -0.352 e. The third-order valence-corrected chi connectivity index (χ3v) is 3.60. The van der Waals surface area contributed by atoms with E-state index in [1.165, 1.54) is 0 Å². The van der Waals surface area contributed by atoms with Gasteiger partial charge in [-0.15, -0.1) is 12.4 Å². The van der Waals surface area contributed by atoms with Crippen LogP contribution in [0.2, 0.25) is 0 Å². The molecule has 0 bridgehead atoms. The average Bonchev–Trinajstić information content (AvgIpc) is 2.70. The van der Waals surface area contributed by atoms with E-state index in [1.807, 2.05) is 0 Å². The van der Waals surface area contributed by atoms with Gasteiger partial charge in [0.1, 0.15) is 6.54 Å². The number of piperidine rings is 1. The van der Waals surface area contributed by atoms with Crippen LogP contribution in [-0.2, 0) is 9.59 Å². The van der Waals surface area contributed by atoms with E-state index < -0.39 is 24.5 Å². The van der Waals surface area contributed by atoms with Gasteiger partial charge in [0, 0.05) is 25.6 Å². The van der Waals surface area contributed by atoms with Crippen molar-refractivity contribution in [2.45, 2.75) is 31.5 Å². The third kappa shape index (κ3) is 5.35. The first-order valence-corrected chi connectivity index (χ1v) is 6.71. The largest absolute Gasteiger partial charge is 0.406 e. The Balaban J connectivity index is 0.00000220. The number of nitrogens with one attached hydrogen (secondary N) is 2. The van der Waals surface area contributed by atoms with E-state index in [-0.39, 0.29) is 37.3 Å². The van der Waals surface area contributed by atoms with Gasteiger partial charge < -0.3 is 15.5 Å². The molecule has 2 saturated heterocycles. The van der Waals surface area contributed by atoms with Crippen molar-refractivity contribution in [1.29, 1.82) is 0 Å². The van der Waals surface area contributed by atoms with Crippen LogP contribution in [0.5, 0.6) is 0 Å². The SMILES string of the molecule is Cl.O=C(NC1CCCNC1)C1CC(=O)N(CC(F)(F)F)C1. The zero-order chi connectivity index (χ0) is 14.8. The van der Waals surface area contributed by atoms with Crippen molar-refractivity contribution < 1.29 is 22.8 Å². The molecule has 2 heterocycles. The monoisotopic (exact) mass is 329 g/mol. The molecule has 0 saturated carbocycles. The van der Waals surface area contributed by atoms with Crippen LogP contribution in [0.15, 0.2) is 0 Å². The molecule has 2 amide bonds. The lowest BCUT2D eigenvalue weighted by atomic mass is 10.0. The molecular formula is C12H19ClF3N3O2. The molecule has 2 fully saturated rings. The number of nitrogens with zero attached hydrogens (tertiary/aromatic N) is 1. The van der Waals surface area contributed by atoms with Gasteiger partial charge in [0.2, 0.25) is 11.8 Å². The summed E-state index contributed by atoms with van der Waals surface area (Å²) in [5, 5.41) is 5.94. The van der Waals surface area contributed by atoms with E-state index in [0.717, 1.165) is 19.4 Å². The van der Waals surface area contributed by atoms with E-state index in [1.54, 1.807) is 0 Å². The van der Waals surface area contributed by atoms with Crippen LogP contribution < -0.4 is 10.6 Å². The lowest BCUT2D eigenvalue weighted by Crippen LogP contribution is -2.47. The lowest BCUT2D eigenvalue weighted by molar-refractivity contribution is -0.157. The first-order valence-electron chi connectivity index (χ1n) is 6.71. The Bertz CT molecular complexity index is 386. The van der Waals surface area contributed by atoms with Crippen molar-refractivity contribution >= 4 is 24.2 Å². The number of halogens is 4. The van der Waals surface area contributed by atoms with Crippen molar-refractivity contribution in [3.63, 3.8) is 0 Å². The van der Waals surface area contributed by atoms with Crippen molar-refractivity contribution in [3.8, 4) is 0 Å². The normalized spacial score (nSPS) is 26.4. The van der Waals surface area contributed by atoms with Crippen LogP contribution in [0.4, 0.5) is 13.2 Å². The Kier molecular flexibility index (Phi) is 6.27. The van der Waals surface area contributed by atoms with Gasteiger partial charge in [0.15, 0.2) is 0 Å². The average molecular weight is 330 g/mol. The number of likely N-dealkylation sites (tertiary alicyclic amines) is 1. The van der Waals surface area contributed by atoms with Crippen LogP contribution in [0.3, 0.4) is 0 Å². The lowest BCUT2D eigenvalue weighted by Gasteiger charge is -2.25. The molecule has 5 nitrogen and oxygen atoms in total. The van der Waals surface area contributed by atoms with Crippen molar-refractivity contribution in [3.05, 3.63) is 0 Å². The summed E-state index contributed by atoms with van der Waals surface area (Å²) in [7, 11) is 0. The van der Waals surface area contributed by atoms with Gasteiger partial charge in [-0.25, -0.2) is 0 Å². The molecule has 0 aromatic heterocycles. The van der Waals surface area contributed by atoms with Crippen LogP contribution in [-0.4, -0.2) is 55.1 Å². The Hall–Kier alpha value is -1.02. The summed E-state index contributed by atoms with van der Waals surface area (Å²) < 4.78 is 36.8. The van der Waals surface area contributed by atoms with E-state index in [0.29, 0.717) is 11.4 Å². The van der Waals surface area contributed by atoms with Crippen LogP contribution in [0.25, 0.3) is 0 Å². The van der Waals surface area contributed by atoms with E-state index in [9.17, 15) is 22.8 Å². The van der Waals surface area contributed by atoms with Gasteiger partial charge in [-0.3, -0.25) is 9.59 Å². The summed E-state index contributed by atoms with van der Waals surface area (Å²) in [4.78, 5) is 24.2. The molecule has 2 rings (SSSR count). The number of alkyl halides is 3. The molecule has 2 N–H and O–H groups in total. The zero-order valence-corrected chi connectivity index (χ0v) is 12.2. The summed E-state index contributed by atoms with van der Waals surface area (Å²) in [6.07, 6.45) is -2.75. The van der Waals surface area contributed by atoms with Crippen LogP contribution >= 0.6 is 12.4 Å². The fraction of sp³-hybridized carbons (Fsp3) is 0.833. The highest BCUT2D eigenvalue weighted by Gasteiger charge is 2.40. The quantitative estimate of drug-likeness (QED) is 0.801. The molecular weight excluding hydrogens is 311 g/mol. The van der Waals surface area contributed by atoms with E-state index in [2.05, 4.69) is 10.6 Å². The maximum Gasteiger partial charge on any atom is 0.406 e. The number of amides is 2. The number of hydrogen-bond donors (Lipinski definition) is 2. The van der Waals surface area contributed by atoms with Crippen molar-refractivity contribution in [2.75, 3.05) is 26.2 Å². The molecule has 2 aliphatic heterocycles. The highest BCUT2D eigenvalue weighted by Crippen LogP contribution is 2.24. The smallest absolute Gasteiger partial charge is 0.352 e. The number of hydrogen-bond acceptors (Lipinski definition) is 3. The molecule has 0 aromatic rings. The Labute approximate surface area is 127 Å². The topological polar surface area (TPSA) is 61.4 Å². The van der Waals surface area contributed by atoms with Gasteiger partial charge in [0.05, 0.1) is 5.92 Å². The van der Waals surface area contributed by atoms with Gasteiger partial charge in [-0.05, 0) is 19.4 Å². The molecule has 2 atom stereocenters. The summed E-state index contributed by atoms with van der Waals surface area (Å²) in [6, 6.07) is 0.00279. The minimum absolute atomic E-state index is 0. The summed E-state index contributed by atoms with van der Waals surface area (Å²) in [6.45, 7) is 0.150. The second-order valence-corrected chi connectivity index (χ2v) is 5.34. The number of rotatable bonds is 3. The number of carbonyl (C=O) groups is 2. The predicted molar refractivity (Wildman–Crippen MR) is 72.0 cm³/mol. The second kappa shape index (κ2) is 7.31. The minimum atomic E-state index is -4.42. The third-order valence-electron chi connectivity index (χ3n) is 3.60. The Morgan fingerprint density at radius 2 is 2.14 bits per heavy atom. The molecule has 0 aromatic carbocycles. The van der Waals surface area contributed by atoms with Gasteiger partial charge in [-0.2, -0.15) is 13.2 Å². The van der Waals surface area contributed by atoms with Gasteiger partial charge in [-0.1, -0.05) is 0 Å². The fourth-order valence-corrected chi connectivity index (χ4v) is 2.61. The molecule has 21 heavy (non-hydrogen) atoms. The molecule has 0 radical (unpaired) electrons. The van der Waals surface area contributed by atoms with Gasteiger partial charge >= 0.3 is 6.18 Å². The summed E-state index contributed by atoms with van der Waals surface area (Å²) >= 11 is 0. The second-order valence-electron chi connectivity index (χ2n) is 5.34. The molecule has 2 unspecified atom stereocenters. The van der Waals surface area contributed by atoms with Crippen molar-refractivity contribution in [1.82, 2.24) is 15.5 Å². The van der Waals surface area contributed by atoms with E-state index in [4.69, 9.17) is 0 Å². The molecule has 2 aliphatic rings.